The molecule has 2 aliphatic heterocycles. The van der Waals surface area contributed by atoms with E-state index in [0.717, 1.165) is 31.1 Å². The lowest BCUT2D eigenvalue weighted by molar-refractivity contribution is 0.267. The van der Waals surface area contributed by atoms with Gasteiger partial charge in [0.05, 0.1) is 6.04 Å². The first-order chi connectivity index (χ1) is 7.40. The van der Waals surface area contributed by atoms with Crippen LogP contribution in [0.4, 0.5) is 5.82 Å². The molecule has 0 bridgehead atoms. The molecule has 3 rings (SSSR count). The molecule has 0 aromatic carbocycles. The topological polar surface area (TPSA) is 25.4 Å². The lowest BCUT2D eigenvalue weighted by Crippen LogP contribution is -2.39. The predicted molar refractivity (Wildman–Crippen MR) is 59.5 cm³/mol. The van der Waals surface area contributed by atoms with Crippen molar-refractivity contribution >= 4 is 5.82 Å². The van der Waals surface area contributed by atoms with Crippen LogP contribution in [0.2, 0.25) is 0 Å². The number of pyridine rings is 1. The Morgan fingerprint density at radius 1 is 1.60 bits per heavy atom. The third-order valence-corrected chi connectivity index (χ3v) is 3.42. The van der Waals surface area contributed by atoms with Gasteiger partial charge in [-0.1, -0.05) is 6.92 Å². The van der Waals surface area contributed by atoms with E-state index in [2.05, 4.69) is 22.9 Å². The zero-order valence-corrected chi connectivity index (χ0v) is 9.07. The molecule has 3 nitrogen and oxygen atoms in total. The highest BCUT2D eigenvalue weighted by Crippen LogP contribution is 2.38. The number of aromatic nitrogens is 1. The second kappa shape index (κ2) is 3.40. The summed E-state index contributed by atoms with van der Waals surface area (Å²) in [4.78, 5) is 6.89. The van der Waals surface area contributed by atoms with Gasteiger partial charge in [-0.25, -0.2) is 4.98 Å². The van der Waals surface area contributed by atoms with Crippen molar-refractivity contribution in [3.63, 3.8) is 0 Å². The van der Waals surface area contributed by atoms with Crippen LogP contribution in [-0.4, -0.2) is 24.2 Å². The minimum atomic E-state index is 0.567. The van der Waals surface area contributed by atoms with Crippen molar-refractivity contribution in [1.82, 2.24) is 4.98 Å². The van der Waals surface area contributed by atoms with Gasteiger partial charge in [0.25, 0.3) is 0 Å². The fraction of sp³-hybridized carbons (Fsp3) is 0.583. The van der Waals surface area contributed by atoms with E-state index in [4.69, 9.17) is 4.74 Å². The molecule has 1 saturated heterocycles. The van der Waals surface area contributed by atoms with Gasteiger partial charge in [-0.05, 0) is 30.9 Å². The van der Waals surface area contributed by atoms with E-state index in [1.165, 1.54) is 18.4 Å². The minimum Gasteiger partial charge on any atom is -0.487 e. The van der Waals surface area contributed by atoms with Crippen LogP contribution in [0.3, 0.4) is 0 Å². The molecule has 80 valence electrons. The average molecular weight is 204 g/mol. The summed E-state index contributed by atoms with van der Waals surface area (Å²) in [6.07, 6.45) is 5.44. The quantitative estimate of drug-likeness (QED) is 0.699. The maximum atomic E-state index is 5.86. The molecule has 0 N–H and O–H groups in total. The van der Waals surface area contributed by atoms with Gasteiger partial charge in [-0.15, -0.1) is 0 Å². The van der Waals surface area contributed by atoms with Crippen molar-refractivity contribution < 1.29 is 4.74 Å². The highest BCUT2D eigenvalue weighted by atomic mass is 16.5. The smallest absolute Gasteiger partial charge is 0.172 e. The molecule has 0 unspecified atom stereocenters. The summed E-state index contributed by atoms with van der Waals surface area (Å²) >= 11 is 0. The van der Waals surface area contributed by atoms with Crippen molar-refractivity contribution in [2.45, 2.75) is 32.2 Å². The monoisotopic (exact) mass is 204 g/mol. The molecule has 0 spiro atoms. The Hall–Kier alpha value is -1.25. The number of fused-ring (bicyclic) bond motifs is 3. The van der Waals surface area contributed by atoms with Crippen molar-refractivity contribution in [2.75, 3.05) is 18.1 Å². The van der Waals surface area contributed by atoms with Crippen LogP contribution < -0.4 is 9.64 Å². The highest BCUT2D eigenvalue weighted by Gasteiger charge is 2.33. The third kappa shape index (κ3) is 1.29. The number of anilines is 1. The zero-order chi connectivity index (χ0) is 10.3. The lowest BCUT2D eigenvalue weighted by Gasteiger charge is -2.33. The normalized spacial score (nSPS) is 23.3. The van der Waals surface area contributed by atoms with Crippen LogP contribution in [0, 0.1) is 0 Å². The largest absolute Gasteiger partial charge is 0.487 e. The van der Waals surface area contributed by atoms with Crippen LogP contribution in [0.15, 0.2) is 12.3 Å². The summed E-state index contributed by atoms with van der Waals surface area (Å²) in [5.74, 6) is 2.10. The first-order valence-electron chi connectivity index (χ1n) is 5.77. The highest BCUT2D eigenvalue weighted by molar-refractivity contribution is 5.59. The third-order valence-electron chi connectivity index (χ3n) is 3.42. The second-order valence-corrected chi connectivity index (χ2v) is 4.28. The van der Waals surface area contributed by atoms with Crippen LogP contribution in [0.25, 0.3) is 0 Å². The molecule has 1 atom stereocenters. The van der Waals surface area contributed by atoms with E-state index in [1.807, 2.05) is 6.20 Å². The molecule has 0 radical (unpaired) electrons. The fourth-order valence-corrected chi connectivity index (χ4v) is 2.58. The molecular formula is C12H16N2O. The number of aryl methyl sites for hydroxylation is 1. The summed E-state index contributed by atoms with van der Waals surface area (Å²) in [7, 11) is 0. The van der Waals surface area contributed by atoms with E-state index in [0.29, 0.717) is 6.04 Å². The molecule has 1 aromatic rings. The van der Waals surface area contributed by atoms with E-state index in [-0.39, 0.29) is 0 Å². The first-order valence-corrected chi connectivity index (χ1v) is 5.77. The Labute approximate surface area is 90.1 Å². The number of nitrogens with zero attached hydrogens (tertiary/aromatic N) is 2. The Morgan fingerprint density at radius 2 is 2.53 bits per heavy atom. The summed E-state index contributed by atoms with van der Waals surface area (Å²) in [6, 6.07) is 2.63. The fourth-order valence-electron chi connectivity index (χ4n) is 2.58. The van der Waals surface area contributed by atoms with Gasteiger partial charge in [0.2, 0.25) is 0 Å². The minimum absolute atomic E-state index is 0.567. The average Bonchev–Trinajstić information content (AvgIpc) is 2.76. The Kier molecular flexibility index (Phi) is 2.04. The van der Waals surface area contributed by atoms with Crippen molar-refractivity contribution in [3.05, 3.63) is 17.8 Å². The number of hydrogen-bond acceptors (Lipinski definition) is 3. The van der Waals surface area contributed by atoms with Gasteiger partial charge in [0.15, 0.2) is 11.6 Å². The van der Waals surface area contributed by atoms with Gasteiger partial charge < -0.3 is 9.64 Å². The van der Waals surface area contributed by atoms with E-state index in [9.17, 15) is 0 Å². The summed E-state index contributed by atoms with van der Waals surface area (Å²) in [5.41, 5.74) is 1.28. The van der Waals surface area contributed by atoms with Crippen LogP contribution in [0.5, 0.6) is 5.75 Å². The van der Waals surface area contributed by atoms with Gasteiger partial charge in [-0.2, -0.15) is 0 Å². The predicted octanol–water partition coefficient (Wildman–Crippen LogP) is 2.01. The molecule has 2 aliphatic rings. The van der Waals surface area contributed by atoms with Gasteiger partial charge in [0, 0.05) is 12.7 Å². The molecule has 1 aromatic heterocycles. The number of rotatable bonds is 1. The van der Waals surface area contributed by atoms with Crippen LogP contribution in [-0.2, 0) is 6.42 Å². The van der Waals surface area contributed by atoms with Crippen molar-refractivity contribution in [2.24, 2.45) is 0 Å². The Balaban J connectivity index is 2.07. The zero-order valence-electron chi connectivity index (χ0n) is 9.07. The summed E-state index contributed by atoms with van der Waals surface area (Å²) < 4.78 is 5.86. The van der Waals surface area contributed by atoms with Crippen LogP contribution in [0.1, 0.15) is 25.3 Å². The molecule has 3 heteroatoms. The number of ether oxygens (including phenoxy) is 1. The van der Waals surface area contributed by atoms with Gasteiger partial charge >= 0.3 is 0 Å². The van der Waals surface area contributed by atoms with E-state index >= 15 is 0 Å². The Bertz CT molecular complexity index is 378. The summed E-state index contributed by atoms with van der Waals surface area (Å²) in [6.45, 7) is 4.14. The SMILES string of the molecule is CCc1ccnc2c1OC[C@@H]1CCCN21. The van der Waals surface area contributed by atoms with E-state index in [1.54, 1.807) is 0 Å². The Morgan fingerprint density at radius 3 is 3.40 bits per heavy atom. The van der Waals surface area contributed by atoms with Gasteiger partial charge in [-0.3, -0.25) is 0 Å². The molecule has 0 saturated carbocycles. The molecule has 3 heterocycles. The molecular weight excluding hydrogens is 188 g/mol. The van der Waals surface area contributed by atoms with Crippen molar-refractivity contribution in [3.8, 4) is 5.75 Å². The molecule has 15 heavy (non-hydrogen) atoms. The van der Waals surface area contributed by atoms with Crippen molar-refractivity contribution in [1.29, 1.82) is 0 Å². The lowest BCUT2D eigenvalue weighted by atomic mass is 10.1. The first kappa shape index (κ1) is 9.01. The standard InChI is InChI=1S/C12H16N2O/c1-2-9-5-6-13-12-11(9)15-8-10-4-3-7-14(10)12/h5-6,10H,2-4,7-8H2,1H3/t10-/m0/s1. The molecule has 0 amide bonds. The maximum Gasteiger partial charge on any atom is 0.172 e. The molecule has 1 fully saturated rings. The van der Waals surface area contributed by atoms with Crippen LogP contribution >= 0.6 is 0 Å². The molecule has 0 aliphatic carbocycles. The number of hydrogen-bond donors (Lipinski definition) is 0. The maximum absolute atomic E-state index is 5.86. The summed E-state index contributed by atoms with van der Waals surface area (Å²) in [5, 5.41) is 0. The van der Waals surface area contributed by atoms with Gasteiger partial charge in [0.1, 0.15) is 6.61 Å². The second-order valence-electron chi connectivity index (χ2n) is 4.28. The van der Waals surface area contributed by atoms with E-state index < -0.39 is 0 Å².